The largest absolute Gasteiger partial charge is 0.493 e. The molecule has 0 atom stereocenters. The molecule has 0 unspecified atom stereocenters. The lowest BCUT2D eigenvalue weighted by atomic mass is 10.1. The molecule has 7 heteroatoms. The number of ether oxygens (including phenoxy) is 2. The van der Waals surface area contributed by atoms with Gasteiger partial charge >= 0.3 is 0 Å². The molecule has 27 heavy (non-hydrogen) atoms. The fraction of sp³-hybridized carbons (Fsp3) is 0.500. The van der Waals surface area contributed by atoms with Gasteiger partial charge in [-0.05, 0) is 77.1 Å². The van der Waals surface area contributed by atoms with E-state index in [1.54, 1.807) is 18.1 Å². The average Bonchev–Trinajstić information content (AvgIpc) is 2.84. The van der Waals surface area contributed by atoms with Crippen LogP contribution in [0.1, 0.15) is 47.1 Å². The van der Waals surface area contributed by atoms with Gasteiger partial charge in [0.25, 0.3) is 5.91 Å². The number of carbonyl (C=O) groups is 1. The molecule has 0 aliphatic carbocycles. The summed E-state index contributed by atoms with van der Waals surface area (Å²) < 4.78 is 11.2. The monoisotopic (exact) mass is 410 g/mol. The molecule has 0 spiro atoms. The van der Waals surface area contributed by atoms with Gasteiger partial charge in [0.1, 0.15) is 0 Å². The van der Waals surface area contributed by atoms with Gasteiger partial charge in [0, 0.05) is 12.1 Å². The Morgan fingerprint density at radius 1 is 1.19 bits per heavy atom. The van der Waals surface area contributed by atoms with E-state index in [0.29, 0.717) is 21.4 Å². The highest BCUT2D eigenvalue weighted by atomic mass is 35.5. The van der Waals surface area contributed by atoms with Crippen LogP contribution in [0, 0.1) is 0 Å². The third-order valence-corrected chi connectivity index (χ3v) is 4.90. The van der Waals surface area contributed by atoms with E-state index in [-0.39, 0.29) is 24.1 Å². The molecule has 148 valence electrons. The molecule has 5 nitrogen and oxygen atoms in total. The molecular formula is C20H27ClN2O3S. The van der Waals surface area contributed by atoms with Gasteiger partial charge in [0.2, 0.25) is 0 Å². The topological polar surface area (TPSA) is 51.1 Å². The molecule has 0 bridgehead atoms. The van der Waals surface area contributed by atoms with Crippen LogP contribution in [-0.4, -0.2) is 41.3 Å². The van der Waals surface area contributed by atoms with E-state index in [9.17, 15) is 4.79 Å². The summed E-state index contributed by atoms with van der Waals surface area (Å²) >= 11 is 7.78. The normalized spacial score (nSPS) is 17.9. The van der Waals surface area contributed by atoms with Crippen molar-refractivity contribution in [3.8, 4) is 11.5 Å². The van der Waals surface area contributed by atoms with Gasteiger partial charge in [0.05, 0.1) is 23.1 Å². The van der Waals surface area contributed by atoms with Crippen LogP contribution in [0.5, 0.6) is 11.5 Å². The Bertz CT molecular complexity index is 773. The van der Waals surface area contributed by atoms with Crippen LogP contribution in [-0.2, 0) is 4.79 Å². The zero-order chi connectivity index (χ0) is 20.3. The van der Waals surface area contributed by atoms with Gasteiger partial charge in [-0.15, -0.1) is 0 Å². The van der Waals surface area contributed by atoms with E-state index < -0.39 is 0 Å². The van der Waals surface area contributed by atoms with Crippen LogP contribution in [0.3, 0.4) is 0 Å². The molecule has 1 aromatic rings. The van der Waals surface area contributed by atoms with Crippen molar-refractivity contribution < 1.29 is 14.3 Å². The lowest BCUT2D eigenvalue weighted by Gasteiger charge is -2.20. The lowest BCUT2D eigenvalue weighted by Crippen LogP contribution is -2.35. The number of halogens is 1. The number of nitrogens with zero attached hydrogens (tertiary/aromatic N) is 2. The van der Waals surface area contributed by atoms with Gasteiger partial charge in [-0.2, -0.15) is 0 Å². The van der Waals surface area contributed by atoms with Crippen molar-refractivity contribution in [2.75, 3.05) is 7.11 Å². The highest BCUT2D eigenvalue weighted by Gasteiger charge is 2.35. The third-order valence-electron chi connectivity index (χ3n) is 3.63. The van der Waals surface area contributed by atoms with Crippen LogP contribution in [0.4, 0.5) is 0 Å². The van der Waals surface area contributed by atoms with Gasteiger partial charge < -0.3 is 9.47 Å². The Kier molecular flexibility index (Phi) is 7.23. The first kappa shape index (κ1) is 21.6. The summed E-state index contributed by atoms with van der Waals surface area (Å²) in [6.07, 6.45) is 1.79. The van der Waals surface area contributed by atoms with Gasteiger partial charge in [-0.1, -0.05) is 11.6 Å². The molecule has 1 aliphatic heterocycles. The number of benzene rings is 1. The molecule has 2 rings (SSSR count). The predicted octanol–water partition coefficient (Wildman–Crippen LogP) is 5.22. The van der Waals surface area contributed by atoms with E-state index in [4.69, 9.17) is 21.1 Å². The second kappa shape index (κ2) is 9.02. The minimum atomic E-state index is -0.0491. The quantitative estimate of drug-likeness (QED) is 0.603. The second-order valence-electron chi connectivity index (χ2n) is 7.09. The third kappa shape index (κ3) is 5.20. The van der Waals surface area contributed by atoms with Gasteiger partial charge in [-0.25, -0.2) is 0 Å². The van der Waals surface area contributed by atoms with Gasteiger partial charge in [-0.3, -0.25) is 14.7 Å². The molecule has 0 N–H and O–H groups in total. The lowest BCUT2D eigenvalue weighted by molar-refractivity contribution is -0.123. The smallest absolute Gasteiger partial charge is 0.266 e. The SMILES string of the molecule is COc1cc(/C=C2/SC(=NC(C)C)N(C(C)C)C2=O)cc(Cl)c1OC(C)C. The van der Waals surface area contributed by atoms with Crippen molar-refractivity contribution in [3.05, 3.63) is 27.6 Å². The minimum Gasteiger partial charge on any atom is -0.493 e. The van der Waals surface area contributed by atoms with Crippen molar-refractivity contribution in [1.82, 2.24) is 4.90 Å². The maximum absolute atomic E-state index is 12.9. The molecule has 1 aromatic carbocycles. The highest BCUT2D eigenvalue weighted by Crippen LogP contribution is 2.39. The summed E-state index contributed by atoms with van der Waals surface area (Å²) in [7, 11) is 1.57. The fourth-order valence-corrected chi connectivity index (χ4v) is 4.07. The number of aliphatic imine (C=N–C) groups is 1. The number of carbonyl (C=O) groups excluding carboxylic acids is 1. The van der Waals surface area contributed by atoms with Crippen molar-refractivity contribution >= 4 is 40.5 Å². The fourth-order valence-electron chi connectivity index (χ4n) is 2.58. The van der Waals surface area contributed by atoms with Crippen LogP contribution in [0.2, 0.25) is 5.02 Å². The van der Waals surface area contributed by atoms with Crippen LogP contribution < -0.4 is 9.47 Å². The maximum atomic E-state index is 12.9. The van der Waals surface area contributed by atoms with E-state index in [1.165, 1.54) is 11.8 Å². The zero-order valence-corrected chi connectivity index (χ0v) is 18.4. The molecule has 0 aromatic heterocycles. The van der Waals surface area contributed by atoms with Crippen molar-refractivity contribution in [2.45, 2.75) is 59.7 Å². The number of hydrogen-bond acceptors (Lipinski definition) is 5. The minimum absolute atomic E-state index is 0.0260. The first-order valence-electron chi connectivity index (χ1n) is 8.99. The van der Waals surface area contributed by atoms with Crippen LogP contribution >= 0.6 is 23.4 Å². The molecule has 1 fully saturated rings. The summed E-state index contributed by atoms with van der Waals surface area (Å²) in [6.45, 7) is 11.8. The Morgan fingerprint density at radius 3 is 2.37 bits per heavy atom. The Hall–Kier alpha value is -1.66. The second-order valence-corrected chi connectivity index (χ2v) is 8.50. The van der Waals surface area contributed by atoms with Crippen LogP contribution in [0.25, 0.3) is 6.08 Å². The summed E-state index contributed by atoms with van der Waals surface area (Å²) in [5.41, 5.74) is 0.776. The number of methoxy groups -OCH3 is 1. The molecule has 0 radical (unpaired) electrons. The number of amidine groups is 1. The molecular weight excluding hydrogens is 384 g/mol. The van der Waals surface area contributed by atoms with Crippen LogP contribution in [0.15, 0.2) is 22.0 Å². The van der Waals surface area contributed by atoms with Crippen molar-refractivity contribution in [2.24, 2.45) is 4.99 Å². The summed E-state index contributed by atoms with van der Waals surface area (Å²) in [5.74, 6) is 0.995. The van der Waals surface area contributed by atoms with E-state index in [2.05, 4.69) is 4.99 Å². The number of amides is 1. The number of rotatable bonds is 6. The Labute approximate surface area is 170 Å². The van der Waals surface area contributed by atoms with E-state index in [0.717, 1.165) is 10.7 Å². The summed E-state index contributed by atoms with van der Waals surface area (Å²) in [5, 5.41) is 1.18. The molecule has 1 saturated heterocycles. The predicted molar refractivity (Wildman–Crippen MR) is 114 cm³/mol. The van der Waals surface area contributed by atoms with Crippen molar-refractivity contribution in [3.63, 3.8) is 0 Å². The van der Waals surface area contributed by atoms with E-state index in [1.807, 2.05) is 53.7 Å². The Morgan fingerprint density at radius 2 is 1.85 bits per heavy atom. The average molecular weight is 411 g/mol. The molecule has 0 saturated carbocycles. The first-order chi connectivity index (χ1) is 12.6. The molecule has 1 amide bonds. The molecule has 1 aliphatic rings. The maximum Gasteiger partial charge on any atom is 0.266 e. The zero-order valence-electron chi connectivity index (χ0n) is 16.9. The highest BCUT2D eigenvalue weighted by molar-refractivity contribution is 8.18. The summed E-state index contributed by atoms with van der Waals surface area (Å²) in [6, 6.07) is 3.75. The standard InChI is InChI=1S/C20H27ClN2O3S/c1-11(2)22-20-23(12(3)4)19(24)17(27-20)10-14-8-15(21)18(26-13(5)6)16(9-14)25-7/h8-13H,1-7H3/b17-10+,22-20?. The number of thioether (sulfide) groups is 1. The number of hydrogen-bond donors (Lipinski definition) is 0. The molecule has 1 heterocycles. The first-order valence-corrected chi connectivity index (χ1v) is 10.2. The summed E-state index contributed by atoms with van der Waals surface area (Å²) in [4.78, 5) is 19.8. The van der Waals surface area contributed by atoms with Gasteiger partial charge in [0.15, 0.2) is 16.7 Å². The van der Waals surface area contributed by atoms with E-state index >= 15 is 0 Å². The Balaban J connectivity index is 2.43. The van der Waals surface area contributed by atoms with Crippen molar-refractivity contribution in [1.29, 1.82) is 0 Å².